The van der Waals surface area contributed by atoms with Gasteiger partial charge in [0.05, 0.1) is 6.04 Å². The second-order valence-corrected chi connectivity index (χ2v) is 7.51. The van der Waals surface area contributed by atoms with Crippen molar-refractivity contribution in [2.24, 2.45) is 0 Å². The van der Waals surface area contributed by atoms with Crippen LogP contribution in [0.2, 0.25) is 0 Å². The highest BCUT2D eigenvalue weighted by Gasteiger charge is 2.54. The number of urea groups is 1. The maximum absolute atomic E-state index is 13.1. The number of hydrogen-bond acceptors (Lipinski definition) is 4. The molecule has 0 bridgehead atoms. The predicted octanol–water partition coefficient (Wildman–Crippen LogP) is 1.18. The summed E-state index contributed by atoms with van der Waals surface area (Å²) < 4.78 is 0. The normalized spacial score (nSPS) is 27.0. The summed E-state index contributed by atoms with van der Waals surface area (Å²) in [5.41, 5.74) is -0.724. The van der Waals surface area contributed by atoms with Crippen LogP contribution in [-0.2, 0) is 9.59 Å². The summed E-state index contributed by atoms with van der Waals surface area (Å²) >= 11 is 0. The Morgan fingerprint density at radius 2 is 1.92 bits per heavy atom. The van der Waals surface area contributed by atoms with Crippen LogP contribution in [0, 0.1) is 0 Å². The van der Waals surface area contributed by atoms with Crippen LogP contribution in [0.1, 0.15) is 52.4 Å². The van der Waals surface area contributed by atoms with E-state index < -0.39 is 5.54 Å². The molecule has 0 saturated carbocycles. The van der Waals surface area contributed by atoms with E-state index in [4.69, 9.17) is 0 Å². The first-order valence-electron chi connectivity index (χ1n) is 9.66. The van der Waals surface area contributed by atoms with Crippen LogP contribution < -0.4 is 5.32 Å². The van der Waals surface area contributed by atoms with Crippen molar-refractivity contribution in [2.75, 3.05) is 32.7 Å². The molecule has 140 valence electrons. The maximum atomic E-state index is 13.1. The summed E-state index contributed by atoms with van der Waals surface area (Å²) in [6.45, 7) is 7.96. The van der Waals surface area contributed by atoms with Crippen LogP contribution in [-0.4, -0.2) is 76.8 Å². The minimum absolute atomic E-state index is 0.0805. The van der Waals surface area contributed by atoms with Gasteiger partial charge in [-0.2, -0.15) is 0 Å². The number of nitrogens with one attached hydrogen (secondary N) is 1. The van der Waals surface area contributed by atoms with Gasteiger partial charge in [0.2, 0.25) is 5.91 Å². The molecule has 3 heterocycles. The van der Waals surface area contributed by atoms with E-state index in [2.05, 4.69) is 17.1 Å². The summed E-state index contributed by atoms with van der Waals surface area (Å²) in [5.74, 6) is 0.0493. The van der Waals surface area contributed by atoms with Gasteiger partial charge in [0.25, 0.3) is 5.91 Å². The third-order valence-corrected chi connectivity index (χ3v) is 5.93. The van der Waals surface area contributed by atoms with Gasteiger partial charge in [-0.1, -0.05) is 13.8 Å². The first kappa shape index (κ1) is 18.2. The average molecular weight is 350 g/mol. The molecule has 0 aromatic carbocycles. The molecule has 3 rings (SSSR count). The molecule has 3 aliphatic heterocycles. The number of carbonyl (C=O) groups excluding carboxylic acids is 3. The fraction of sp³-hybridized carbons (Fsp3) is 0.833. The zero-order valence-electron chi connectivity index (χ0n) is 15.4. The molecule has 7 heteroatoms. The molecule has 4 amide bonds. The van der Waals surface area contributed by atoms with Crippen LogP contribution in [0.4, 0.5) is 4.79 Å². The molecule has 3 saturated heterocycles. The molecular weight excluding hydrogens is 320 g/mol. The Bertz CT molecular complexity index is 542. The lowest BCUT2D eigenvalue weighted by atomic mass is 9.87. The number of amides is 4. The highest BCUT2D eigenvalue weighted by atomic mass is 16.2. The number of carbonyl (C=O) groups is 3. The van der Waals surface area contributed by atoms with Crippen molar-refractivity contribution < 1.29 is 14.4 Å². The molecule has 0 aromatic rings. The quantitative estimate of drug-likeness (QED) is 0.773. The van der Waals surface area contributed by atoms with Crippen molar-refractivity contribution >= 4 is 17.8 Å². The summed E-state index contributed by atoms with van der Waals surface area (Å²) in [7, 11) is 0. The second kappa shape index (κ2) is 7.32. The van der Waals surface area contributed by atoms with Gasteiger partial charge in [0, 0.05) is 32.6 Å². The molecule has 7 nitrogen and oxygen atoms in total. The monoisotopic (exact) mass is 350 g/mol. The molecule has 1 N–H and O–H groups in total. The minimum atomic E-state index is -0.724. The van der Waals surface area contributed by atoms with Gasteiger partial charge in [-0.05, 0) is 38.6 Å². The highest BCUT2D eigenvalue weighted by molar-refractivity contribution is 6.07. The highest BCUT2D eigenvalue weighted by Crippen LogP contribution is 2.32. The Morgan fingerprint density at radius 1 is 1.20 bits per heavy atom. The second-order valence-electron chi connectivity index (χ2n) is 7.51. The van der Waals surface area contributed by atoms with E-state index in [-0.39, 0.29) is 23.9 Å². The first-order valence-corrected chi connectivity index (χ1v) is 9.66. The standard InChI is InChI=1S/C18H30N4O3/c1-3-6-15(23)21-10-5-7-14(13-21)22-16(24)18(19-17(22)25)8-11-20(4-2)12-9-18/h14H,3-13H2,1-2H3,(H,19,25)/t14-/m0/s1. The van der Waals surface area contributed by atoms with Crippen LogP contribution in [0.5, 0.6) is 0 Å². The van der Waals surface area contributed by atoms with E-state index in [9.17, 15) is 14.4 Å². The summed E-state index contributed by atoms with van der Waals surface area (Å²) in [6, 6.07) is -0.463. The van der Waals surface area contributed by atoms with Crippen molar-refractivity contribution in [3.8, 4) is 0 Å². The van der Waals surface area contributed by atoms with Gasteiger partial charge in [-0.25, -0.2) is 4.79 Å². The SMILES string of the molecule is CCCC(=O)N1CCC[C@H](N2C(=O)NC3(CCN(CC)CC3)C2=O)C1. The van der Waals surface area contributed by atoms with E-state index in [0.717, 1.165) is 45.4 Å². The van der Waals surface area contributed by atoms with Gasteiger partial charge in [-0.3, -0.25) is 14.5 Å². The summed E-state index contributed by atoms with van der Waals surface area (Å²) in [4.78, 5) is 43.5. The van der Waals surface area contributed by atoms with Crippen molar-refractivity contribution in [1.82, 2.24) is 20.0 Å². The Labute approximate surface area is 149 Å². The zero-order valence-corrected chi connectivity index (χ0v) is 15.4. The van der Waals surface area contributed by atoms with E-state index in [1.165, 1.54) is 4.90 Å². The van der Waals surface area contributed by atoms with Crippen LogP contribution in [0.3, 0.4) is 0 Å². The lowest BCUT2D eigenvalue weighted by Gasteiger charge is -2.39. The topological polar surface area (TPSA) is 73.0 Å². The Kier molecular flexibility index (Phi) is 5.32. The molecule has 0 unspecified atom stereocenters. The fourth-order valence-electron chi connectivity index (χ4n) is 4.33. The third kappa shape index (κ3) is 3.38. The Balaban J connectivity index is 1.69. The number of hydrogen-bond donors (Lipinski definition) is 1. The Morgan fingerprint density at radius 3 is 2.56 bits per heavy atom. The first-order chi connectivity index (χ1) is 12.0. The predicted molar refractivity (Wildman–Crippen MR) is 94.0 cm³/mol. The van der Waals surface area contributed by atoms with Crippen molar-refractivity contribution in [3.05, 3.63) is 0 Å². The van der Waals surface area contributed by atoms with E-state index in [1.807, 2.05) is 11.8 Å². The average Bonchev–Trinajstić information content (AvgIpc) is 2.86. The van der Waals surface area contributed by atoms with Crippen molar-refractivity contribution in [2.45, 2.75) is 64.0 Å². The number of piperidine rings is 2. The van der Waals surface area contributed by atoms with E-state index in [0.29, 0.717) is 25.8 Å². The van der Waals surface area contributed by atoms with E-state index in [1.54, 1.807) is 0 Å². The van der Waals surface area contributed by atoms with Crippen LogP contribution in [0.25, 0.3) is 0 Å². The molecule has 0 aromatic heterocycles. The van der Waals surface area contributed by atoms with Gasteiger partial charge >= 0.3 is 6.03 Å². The summed E-state index contributed by atoms with van der Waals surface area (Å²) in [6.07, 6.45) is 4.32. The van der Waals surface area contributed by atoms with Gasteiger partial charge in [0.1, 0.15) is 5.54 Å². The maximum Gasteiger partial charge on any atom is 0.325 e. The Hall–Kier alpha value is -1.63. The van der Waals surface area contributed by atoms with Crippen LogP contribution >= 0.6 is 0 Å². The van der Waals surface area contributed by atoms with Gasteiger partial charge in [-0.15, -0.1) is 0 Å². The zero-order chi connectivity index (χ0) is 18.0. The molecule has 0 aliphatic carbocycles. The number of imide groups is 1. The molecule has 1 spiro atoms. The lowest BCUT2D eigenvalue weighted by molar-refractivity contribution is -0.139. The minimum Gasteiger partial charge on any atom is -0.341 e. The fourth-order valence-corrected chi connectivity index (χ4v) is 4.33. The van der Waals surface area contributed by atoms with Crippen LogP contribution in [0.15, 0.2) is 0 Å². The molecule has 25 heavy (non-hydrogen) atoms. The molecule has 3 aliphatic rings. The van der Waals surface area contributed by atoms with Crippen molar-refractivity contribution in [3.63, 3.8) is 0 Å². The number of likely N-dealkylation sites (tertiary alicyclic amines) is 2. The number of nitrogens with zero attached hydrogens (tertiary/aromatic N) is 3. The molecule has 0 radical (unpaired) electrons. The largest absolute Gasteiger partial charge is 0.341 e. The molecule has 3 fully saturated rings. The number of rotatable bonds is 4. The van der Waals surface area contributed by atoms with Gasteiger partial charge < -0.3 is 15.1 Å². The summed E-state index contributed by atoms with van der Waals surface area (Å²) in [5, 5.41) is 2.99. The third-order valence-electron chi connectivity index (χ3n) is 5.93. The smallest absolute Gasteiger partial charge is 0.325 e. The lowest BCUT2D eigenvalue weighted by Crippen LogP contribution is -2.56. The van der Waals surface area contributed by atoms with Crippen molar-refractivity contribution in [1.29, 1.82) is 0 Å². The van der Waals surface area contributed by atoms with E-state index >= 15 is 0 Å². The molecular formula is C18H30N4O3. The van der Waals surface area contributed by atoms with Gasteiger partial charge in [0.15, 0.2) is 0 Å². The molecule has 1 atom stereocenters.